The number of sulfone groups is 1. The first-order valence-corrected chi connectivity index (χ1v) is 14.6. The standard InChI is InChI=1S/C27H33N3O5S/c1-36(33,34)24-6-2-4-20(15-24)26(21-5-3-10-28-16-21)19-7-11-29(12-8-19)27(32)30-13-9-25-22(17-30)14-23(31)18-35-25/h2-6,10,15-16,19,22,25-26H,7-9,11-14,17-18H2,1H3/t22-,25+,26?/m1/s1. The summed E-state index contributed by atoms with van der Waals surface area (Å²) in [5, 5.41) is 0. The number of pyridine rings is 1. The number of carbonyl (C=O) groups is 2. The van der Waals surface area contributed by atoms with E-state index in [9.17, 15) is 18.0 Å². The monoisotopic (exact) mass is 511 g/mol. The Bertz CT molecular complexity index is 1210. The van der Waals surface area contributed by atoms with E-state index < -0.39 is 9.84 Å². The largest absolute Gasteiger partial charge is 0.370 e. The zero-order chi connectivity index (χ0) is 25.3. The number of likely N-dealkylation sites (tertiary alicyclic amines) is 2. The van der Waals surface area contributed by atoms with Crippen molar-refractivity contribution in [2.75, 3.05) is 39.0 Å². The van der Waals surface area contributed by atoms with Crippen molar-refractivity contribution in [3.05, 3.63) is 59.9 Å². The molecular formula is C27H33N3O5S. The average Bonchev–Trinajstić information content (AvgIpc) is 2.89. The number of rotatable bonds is 4. The van der Waals surface area contributed by atoms with Crippen molar-refractivity contribution in [3.63, 3.8) is 0 Å². The van der Waals surface area contributed by atoms with Gasteiger partial charge in [0.1, 0.15) is 6.61 Å². The predicted molar refractivity (Wildman–Crippen MR) is 134 cm³/mol. The number of ether oxygens (including phenoxy) is 1. The topological polar surface area (TPSA) is 96.9 Å². The molecule has 0 radical (unpaired) electrons. The molecule has 3 aliphatic heterocycles. The molecule has 3 aliphatic rings. The summed E-state index contributed by atoms with van der Waals surface area (Å²) in [5.74, 6) is 0.466. The highest BCUT2D eigenvalue weighted by Crippen LogP contribution is 2.39. The third kappa shape index (κ3) is 5.32. The van der Waals surface area contributed by atoms with Crippen LogP contribution in [0.25, 0.3) is 0 Å². The van der Waals surface area contributed by atoms with Gasteiger partial charge in [0.25, 0.3) is 0 Å². The fourth-order valence-electron chi connectivity index (χ4n) is 6.01. The highest BCUT2D eigenvalue weighted by Gasteiger charge is 2.39. The lowest BCUT2D eigenvalue weighted by atomic mass is 9.76. The van der Waals surface area contributed by atoms with Crippen LogP contribution in [0.5, 0.6) is 0 Å². The van der Waals surface area contributed by atoms with Crippen LogP contribution >= 0.6 is 0 Å². The van der Waals surface area contributed by atoms with Crippen LogP contribution in [0.3, 0.4) is 0 Å². The quantitative estimate of drug-likeness (QED) is 0.626. The fourth-order valence-corrected chi connectivity index (χ4v) is 6.69. The van der Waals surface area contributed by atoms with Gasteiger partial charge in [-0.05, 0) is 54.5 Å². The number of nitrogens with zero attached hydrogens (tertiary/aromatic N) is 3. The van der Waals surface area contributed by atoms with Crippen molar-refractivity contribution in [3.8, 4) is 0 Å². The zero-order valence-corrected chi connectivity index (χ0v) is 21.4. The van der Waals surface area contributed by atoms with E-state index in [1.54, 1.807) is 24.4 Å². The van der Waals surface area contributed by atoms with E-state index in [1.165, 1.54) is 6.26 Å². The Morgan fingerprint density at radius 2 is 1.81 bits per heavy atom. The fraction of sp³-hybridized carbons (Fsp3) is 0.519. The zero-order valence-electron chi connectivity index (χ0n) is 20.6. The van der Waals surface area contributed by atoms with E-state index >= 15 is 0 Å². The van der Waals surface area contributed by atoms with Crippen LogP contribution in [-0.2, 0) is 19.4 Å². The molecule has 0 saturated carbocycles. The predicted octanol–water partition coefficient (Wildman–Crippen LogP) is 3.13. The number of Topliss-reactive ketones (excluding diaryl/α,β-unsaturated/α-hetero) is 1. The van der Waals surface area contributed by atoms with Gasteiger partial charge in [0, 0.05) is 63.1 Å². The third-order valence-electron chi connectivity index (χ3n) is 7.85. The lowest BCUT2D eigenvalue weighted by Crippen LogP contribution is -2.54. The molecule has 2 amide bonds. The summed E-state index contributed by atoms with van der Waals surface area (Å²) >= 11 is 0. The van der Waals surface area contributed by atoms with E-state index in [1.807, 2.05) is 34.2 Å². The Morgan fingerprint density at radius 1 is 1.06 bits per heavy atom. The molecule has 0 N–H and O–H groups in total. The number of aromatic nitrogens is 1. The molecule has 3 saturated heterocycles. The minimum absolute atomic E-state index is 0.00111. The van der Waals surface area contributed by atoms with Crippen molar-refractivity contribution in [1.82, 2.24) is 14.8 Å². The molecule has 4 heterocycles. The van der Waals surface area contributed by atoms with Crippen molar-refractivity contribution < 1.29 is 22.7 Å². The normalized spacial score (nSPS) is 24.3. The maximum Gasteiger partial charge on any atom is 0.320 e. The van der Waals surface area contributed by atoms with Gasteiger partial charge in [-0.15, -0.1) is 0 Å². The second-order valence-electron chi connectivity index (χ2n) is 10.3. The molecule has 0 spiro atoms. The Morgan fingerprint density at radius 3 is 2.53 bits per heavy atom. The number of hydrogen-bond donors (Lipinski definition) is 0. The molecule has 5 rings (SSSR count). The van der Waals surface area contributed by atoms with Crippen LogP contribution in [0.4, 0.5) is 4.79 Å². The molecule has 0 aliphatic carbocycles. The number of amides is 2. The number of fused-ring (bicyclic) bond motifs is 1. The van der Waals surface area contributed by atoms with Crippen molar-refractivity contribution >= 4 is 21.7 Å². The second-order valence-corrected chi connectivity index (χ2v) is 12.3. The van der Waals surface area contributed by atoms with E-state index in [2.05, 4.69) is 4.98 Å². The lowest BCUT2D eigenvalue weighted by molar-refractivity contribution is -0.140. The van der Waals surface area contributed by atoms with Crippen LogP contribution in [0.15, 0.2) is 53.7 Å². The lowest BCUT2D eigenvalue weighted by Gasteiger charge is -2.43. The molecule has 3 atom stereocenters. The van der Waals surface area contributed by atoms with Gasteiger partial charge in [-0.3, -0.25) is 9.78 Å². The van der Waals surface area contributed by atoms with Crippen LogP contribution in [0, 0.1) is 11.8 Å². The maximum atomic E-state index is 13.3. The summed E-state index contributed by atoms with van der Waals surface area (Å²) in [6.45, 7) is 2.72. The number of carbonyl (C=O) groups excluding carboxylic acids is 2. The summed E-state index contributed by atoms with van der Waals surface area (Å²) in [5.41, 5.74) is 2.01. The second kappa shape index (κ2) is 10.3. The molecule has 8 nitrogen and oxygen atoms in total. The minimum Gasteiger partial charge on any atom is -0.370 e. The Labute approximate surface area is 212 Å². The van der Waals surface area contributed by atoms with Crippen LogP contribution in [-0.4, -0.2) is 80.2 Å². The Kier molecular flexibility index (Phi) is 7.12. The van der Waals surface area contributed by atoms with Gasteiger partial charge < -0.3 is 14.5 Å². The van der Waals surface area contributed by atoms with Crippen LogP contribution < -0.4 is 0 Å². The first-order valence-electron chi connectivity index (χ1n) is 12.7. The van der Waals surface area contributed by atoms with Crippen molar-refractivity contribution in [1.29, 1.82) is 0 Å². The molecule has 192 valence electrons. The van der Waals surface area contributed by atoms with Gasteiger partial charge in [-0.1, -0.05) is 18.2 Å². The highest BCUT2D eigenvalue weighted by atomic mass is 32.2. The number of ketones is 1. The Balaban J connectivity index is 1.29. The first kappa shape index (κ1) is 24.9. The van der Waals surface area contributed by atoms with Gasteiger partial charge in [0.05, 0.1) is 11.0 Å². The van der Waals surface area contributed by atoms with Gasteiger partial charge in [-0.2, -0.15) is 0 Å². The number of urea groups is 1. The van der Waals surface area contributed by atoms with E-state index in [-0.39, 0.29) is 42.3 Å². The molecule has 9 heteroatoms. The molecule has 2 aromatic rings. The smallest absolute Gasteiger partial charge is 0.320 e. The summed E-state index contributed by atoms with van der Waals surface area (Å²) < 4.78 is 30.1. The minimum atomic E-state index is -3.32. The molecule has 1 aromatic heterocycles. The van der Waals surface area contributed by atoms with E-state index in [0.29, 0.717) is 37.5 Å². The summed E-state index contributed by atoms with van der Waals surface area (Å²) in [6, 6.07) is 11.2. The third-order valence-corrected chi connectivity index (χ3v) is 8.96. The Hall–Kier alpha value is -2.78. The number of benzene rings is 1. The molecule has 0 bridgehead atoms. The van der Waals surface area contributed by atoms with Gasteiger partial charge in [-0.25, -0.2) is 13.2 Å². The van der Waals surface area contributed by atoms with E-state index in [4.69, 9.17) is 4.74 Å². The first-order chi connectivity index (χ1) is 17.3. The number of piperidine rings is 2. The molecular weight excluding hydrogens is 478 g/mol. The molecule has 3 fully saturated rings. The van der Waals surface area contributed by atoms with Crippen LogP contribution in [0.1, 0.15) is 42.7 Å². The average molecular weight is 512 g/mol. The van der Waals surface area contributed by atoms with Crippen LogP contribution in [0.2, 0.25) is 0 Å². The summed E-state index contributed by atoms with van der Waals surface area (Å²) in [4.78, 5) is 33.6. The van der Waals surface area contributed by atoms with Crippen molar-refractivity contribution in [2.45, 2.75) is 42.6 Å². The van der Waals surface area contributed by atoms with E-state index in [0.717, 1.165) is 30.4 Å². The highest BCUT2D eigenvalue weighted by molar-refractivity contribution is 7.90. The maximum absolute atomic E-state index is 13.3. The molecule has 1 unspecified atom stereocenters. The summed E-state index contributed by atoms with van der Waals surface area (Å²) in [7, 11) is -3.32. The molecule has 36 heavy (non-hydrogen) atoms. The van der Waals surface area contributed by atoms with Gasteiger partial charge in [0.2, 0.25) is 0 Å². The van der Waals surface area contributed by atoms with Crippen molar-refractivity contribution in [2.24, 2.45) is 11.8 Å². The summed E-state index contributed by atoms with van der Waals surface area (Å²) in [6.07, 6.45) is 7.81. The molecule has 1 aromatic carbocycles. The van der Waals surface area contributed by atoms with Gasteiger partial charge >= 0.3 is 6.03 Å². The van der Waals surface area contributed by atoms with Gasteiger partial charge in [0.15, 0.2) is 15.6 Å². The number of hydrogen-bond acceptors (Lipinski definition) is 6. The SMILES string of the molecule is CS(=O)(=O)c1cccc(C(c2cccnc2)C2CCN(C(=O)N3CC[C@@H]4OCC(=O)C[C@@H]4C3)CC2)c1.